The normalized spacial score (nSPS) is 31.8. The van der Waals surface area contributed by atoms with E-state index in [4.69, 9.17) is 0 Å². The Labute approximate surface area is 165 Å². The lowest BCUT2D eigenvalue weighted by Gasteiger charge is -2.56. The van der Waals surface area contributed by atoms with E-state index in [0.717, 1.165) is 34.8 Å². The molecule has 4 fully saturated rings. The van der Waals surface area contributed by atoms with Gasteiger partial charge in [-0.25, -0.2) is 0 Å². The lowest BCUT2D eigenvalue weighted by Crippen LogP contribution is -3.08. The molecule has 0 heterocycles. The molecule has 1 unspecified atom stereocenters. The van der Waals surface area contributed by atoms with Gasteiger partial charge in [0, 0.05) is 12.1 Å². The summed E-state index contributed by atoms with van der Waals surface area (Å²) in [6.07, 6.45) is 8.16. The quantitative estimate of drug-likeness (QED) is 0.713. The first-order valence-corrected chi connectivity index (χ1v) is 10.5. The number of ether oxygens (including phenoxy) is 1. The van der Waals surface area contributed by atoms with Gasteiger partial charge in [0.1, 0.15) is 12.3 Å². The topological polar surface area (TPSA) is 42.8 Å². The van der Waals surface area contributed by atoms with Crippen molar-refractivity contribution in [3.63, 3.8) is 0 Å². The molecule has 1 atom stereocenters. The second kappa shape index (κ2) is 7.97. The average molecular weight is 393 g/mol. The average Bonchev–Trinajstić information content (AvgIpc) is 2.60. The third-order valence-electron chi connectivity index (χ3n) is 6.94. The van der Waals surface area contributed by atoms with Crippen molar-refractivity contribution in [3.8, 4) is 5.75 Å². The first-order chi connectivity index (χ1) is 13.4. The van der Waals surface area contributed by atoms with Crippen LogP contribution in [0.4, 0.5) is 8.78 Å². The van der Waals surface area contributed by atoms with Crippen LogP contribution in [-0.4, -0.2) is 32.7 Å². The lowest BCUT2D eigenvalue weighted by molar-refractivity contribution is -0.885. The van der Waals surface area contributed by atoms with Gasteiger partial charge in [0.05, 0.1) is 7.05 Å². The van der Waals surface area contributed by atoms with Gasteiger partial charge in [0.25, 0.3) is 5.91 Å². The number of alkyl halides is 2. The summed E-state index contributed by atoms with van der Waals surface area (Å²) in [4.78, 5) is 13.6. The summed E-state index contributed by atoms with van der Waals surface area (Å²) in [6.45, 7) is -0.888. The van der Waals surface area contributed by atoms with Crippen LogP contribution in [0.5, 0.6) is 5.75 Å². The fourth-order valence-corrected chi connectivity index (χ4v) is 6.33. The van der Waals surface area contributed by atoms with E-state index in [1.54, 1.807) is 24.3 Å². The number of likely N-dealkylation sites (N-methyl/N-ethyl adjacent to an activating group) is 1. The minimum atomic E-state index is -2.81. The molecule has 1 aromatic rings. The monoisotopic (exact) mass is 393 g/mol. The highest BCUT2D eigenvalue weighted by atomic mass is 19.3. The van der Waals surface area contributed by atoms with Gasteiger partial charge < -0.3 is 15.0 Å². The maximum atomic E-state index is 12.5. The van der Waals surface area contributed by atoms with Crippen molar-refractivity contribution in [2.24, 2.45) is 23.2 Å². The van der Waals surface area contributed by atoms with E-state index in [1.807, 2.05) is 7.05 Å². The predicted octanol–water partition coefficient (Wildman–Crippen LogP) is 2.64. The van der Waals surface area contributed by atoms with Crippen LogP contribution in [0.1, 0.15) is 44.1 Å². The molecule has 4 aliphatic carbocycles. The maximum Gasteiger partial charge on any atom is 0.387 e. The fraction of sp³-hybridized carbons (Fsp3) is 0.682. The number of quaternary nitrogens is 1. The highest BCUT2D eigenvalue weighted by molar-refractivity contribution is 5.76. The number of rotatable bonds is 8. The molecule has 4 bridgehead atoms. The van der Waals surface area contributed by atoms with Crippen LogP contribution in [0.15, 0.2) is 24.3 Å². The smallest absolute Gasteiger partial charge is 0.387 e. The summed E-state index contributed by atoms with van der Waals surface area (Å²) < 4.78 is 28.8. The zero-order valence-corrected chi connectivity index (χ0v) is 16.6. The molecule has 0 spiro atoms. The van der Waals surface area contributed by atoms with Crippen LogP contribution < -0.4 is 15.0 Å². The van der Waals surface area contributed by atoms with Crippen molar-refractivity contribution >= 4 is 5.91 Å². The number of amides is 1. The fourth-order valence-electron chi connectivity index (χ4n) is 6.33. The molecule has 6 heteroatoms. The number of hydrogen-bond acceptors (Lipinski definition) is 2. The number of carbonyl (C=O) groups excluding carboxylic acids is 1. The number of halogens is 2. The summed E-state index contributed by atoms with van der Waals surface area (Å²) >= 11 is 0. The second-order valence-corrected chi connectivity index (χ2v) is 9.53. The molecule has 1 aromatic carbocycles. The molecule has 4 nitrogen and oxygen atoms in total. The minimum Gasteiger partial charge on any atom is -0.435 e. The van der Waals surface area contributed by atoms with E-state index < -0.39 is 6.61 Å². The summed E-state index contributed by atoms with van der Waals surface area (Å²) in [6, 6.07) is 6.63. The summed E-state index contributed by atoms with van der Waals surface area (Å²) in [7, 11) is 1.98. The first kappa shape index (κ1) is 19.6. The van der Waals surface area contributed by atoms with Crippen molar-refractivity contribution in [1.82, 2.24) is 5.32 Å². The van der Waals surface area contributed by atoms with Crippen LogP contribution in [0, 0.1) is 23.2 Å². The summed E-state index contributed by atoms with van der Waals surface area (Å²) in [5.41, 5.74) is 1.35. The van der Waals surface area contributed by atoms with E-state index in [0.29, 0.717) is 18.5 Å². The second-order valence-electron chi connectivity index (χ2n) is 9.53. The molecule has 28 heavy (non-hydrogen) atoms. The highest BCUT2D eigenvalue weighted by Crippen LogP contribution is 2.59. The van der Waals surface area contributed by atoms with E-state index in [9.17, 15) is 13.6 Å². The Morgan fingerprint density at radius 3 is 2.25 bits per heavy atom. The molecule has 5 rings (SSSR count). The Morgan fingerprint density at radius 2 is 1.71 bits per heavy atom. The third kappa shape index (κ3) is 4.65. The molecular formula is C22H31F2N2O2+. The summed E-state index contributed by atoms with van der Waals surface area (Å²) in [5, 5.41) is 3.22. The van der Waals surface area contributed by atoms with Crippen LogP contribution in [0.2, 0.25) is 0 Å². The van der Waals surface area contributed by atoms with Gasteiger partial charge in [-0.2, -0.15) is 8.78 Å². The van der Waals surface area contributed by atoms with Crippen molar-refractivity contribution in [2.75, 3.05) is 20.1 Å². The number of hydrogen-bond donors (Lipinski definition) is 2. The SMILES string of the molecule is C[NH+](CC(=O)NCC12CC3CC(CC(C3)C1)C2)Cc1ccc(OC(F)F)cc1. The zero-order chi connectivity index (χ0) is 19.7. The molecule has 154 valence electrons. The van der Waals surface area contributed by atoms with Gasteiger partial charge in [0.15, 0.2) is 6.54 Å². The van der Waals surface area contributed by atoms with Gasteiger partial charge in [-0.1, -0.05) is 0 Å². The molecule has 0 aliphatic heterocycles. The molecule has 2 N–H and O–H groups in total. The standard InChI is InChI=1S/C22H30F2N2O2/c1-26(12-15-2-4-19(5-3-15)28-21(23)24)13-20(27)25-14-22-9-16-6-17(10-22)8-18(7-16)11-22/h2-5,16-18,21H,6-14H2,1H3,(H,25,27)/p+1. The van der Waals surface area contributed by atoms with E-state index in [2.05, 4.69) is 10.1 Å². The Hall–Kier alpha value is -1.69. The molecule has 0 aromatic heterocycles. The van der Waals surface area contributed by atoms with Crippen molar-refractivity contribution < 1.29 is 23.2 Å². The lowest BCUT2D eigenvalue weighted by atomic mass is 9.49. The Morgan fingerprint density at radius 1 is 1.14 bits per heavy atom. The van der Waals surface area contributed by atoms with Crippen LogP contribution in [0.3, 0.4) is 0 Å². The van der Waals surface area contributed by atoms with E-state index >= 15 is 0 Å². The van der Waals surface area contributed by atoms with Crippen molar-refractivity contribution in [1.29, 1.82) is 0 Å². The molecule has 4 aliphatic rings. The Bertz CT molecular complexity index is 657. The van der Waals surface area contributed by atoms with Crippen LogP contribution in [-0.2, 0) is 11.3 Å². The summed E-state index contributed by atoms with van der Waals surface area (Å²) in [5.74, 6) is 2.95. The first-order valence-electron chi connectivity index (χ1n) is 10.5. The molecule has 0 radical (unpaired) electrons. The van der Waals surface area contributed by atoms with E-state index in [-0.39, 0.29) is 11.7 Å². The van der Waals surface area contributed by atoms with Crippen LogP contribution in [0.25, 0.3) is 0 Å². The van der Waals surface area contributed by atoms with Gasteiger partial charge in [-0.3, -0.25) is 4.79 Å². The third-order valence-corrected chi connectivity index (χ3v) is 6.94. The van der Waals surface area contributed by atoms with Crippen molar-refractivity contribution in [3.05, 3.63) is 29.8 Å². The zero-order valence-electron chi connectivity index (χ0n) is 16.6. The van der Waals surface area contributed by atoms with Gasteiger partial charge in [-0.15, -0.1) is 0 Å². The Balaban J connectivity index is 1.23. The van der Waals surface area contributed by atoms with Crippen LogP contribution >= 0.6 is 0 Å². The van der Waals surface area contributed by atoms with E-state index in [1.165, 1.54) is 38.5 Å². The number of carbonyl (C=O) groups is 1. The predicted molar refractivity (Wildman–Crippen MR) is 102 cm³/mol. The molecule has 1 amide bonds. The van der Waals surface area contributed by atoms with Gasteiger partial charge in [0.2, 0.25) is 0 Å². The van der Waals surface area contributed by atoms with Gasteiger partial charge in [-0.05, 0) is 86.0 Å². The molecule has 4 saturated carbocycles. The van der Waals surface area contributed by atoms with Gasteiger partial charge >= 0.3 is 6.61 Å². The minimum absolute atomic E-state index is 0.103. The number of nitrogens with one attached hydrogen (secondary N) is 2. The van der Waals surface area contributed by atoms with Crippen molar-refractivity contribution in [2.45, 2.75) is 51.7 Å². The number of benzene rings is 1. The highest BCUT2D eigenvalue weighted by Gasteiger charge is 2.50. The molecule has 0 saturated heterocycles. The Kier molecular flexibility index (Phi) is 5.59. The largest absolute Gasteiger partial charge is 0.435 e. The molecular weight excluding hydrogens is 362 g/mol. The maximum absolute atomic E-state index is 12.5.